The molecular formula is C16H27N3O2. The van der Waals surface area contributed by atoms with Crippen LogP contribution < -0.4 is 16.2 Å². The Hall–Kier alpha value is -1.59. The molecule has 0 heterocycles. The Bertz CT molecular complexity index is 432. The van der Waals surface area contributed by atoms with Crippen molar-refractivity contribution in [1.82, 2.24) is 4.90 Å². The maximum absolute atomic E-state index is 11.4. The molecule has 2 atom stereocenters. The van der Waals surface area contributed by atoms with Crippen molar-refractivity contribution in [2.24, 2.45) is 11.5 Å². The van der Waals surface area contributed by atoms with Gasteiger partial charge in [0.05, 0.1) is 19.7 Å². The van der Waals surface area contributed by atoms with E-state index >= 15 is 0 Å². The van der Waals surface area contributed by atoms with Gasteiger partial charge in [-0.05, 0) is 37.6 Å². The molecule has 0 aliphatic rings. The SMILES string of the molecule is CCCCN(CC(N)=O)C(c1ccc(OC)cc1)C(C)N. The average molecular weight is 293 g/mol. The van der Waals surface area contributed by atoms with Crippen LogP contribution in [0, 0.1) is 0 Å². The molecule has 1 rings (SSSR count). The highest BCUT2D eigenvalue weighted by Crippen LogP contribution is 2.25. The molecule has 5 heteroatoms. The van der Waals surface area contributed by atoms with E-state index in [9.17, 15) is 4.79 Å². The molecule has 1 amide bonds. The molecule has 0 aliphatic heterocycles. The van der Waals surface area contributed by atoms with E-state index < -0.39 is 0 Å². The number of carbonyl (C=O) groups is 1. The molecule has 2 unspecified atom stereocenters. The van der Waals surface area contributed by atoms with E-state index in [0.717, 1.165) is 30.7 Å². The van der Waals surface area contributed by atoms with E-state index in [0.29, 0.717) is 0 Å². The summed E-state index contributed by atoms with van der Waals surface area (Å²) in [5.41, 5.74) is 12.6. The number of rotatable bonds is 9. The standard InChI is InChI=1S/C16H27N3O2/c1-4-5-10-19(11-15(18)20)16(12(2)17)13-6-8-14(21-3)9-7-13/h6-9,12,16H,4-5,10-11,17H2,1-3H3,(H2,18,20). The van der Waals surface area contributed by atoms with Crippen LogP contribution in [0.4, 0.5) is 0 Å². The van der Waals surface area contributed by atoms with Gasteiger partial charge in [0, 0.05) is 6.04 Å². The lowest BCUT2D eigenvalue weighted by Crippen LogP contribution is -2.44. The lowest BCUT2D eigenvalue weighted by molar-refractivity contribution is -0.119. The Morgan fingerprint density at radius 3 is 2.38 bits per heavy atom. The van der Waals surface area contributed by atoms with E-state index in [1.165, 1.54) is 0 Å². The summed E-state index contributed by atoms with van der Waals surface area (Å²) in [6, 6.07) is 7.67. The van der Waals surface area contributed by atoms with Crippen molar-refractivity contribution in [2.75, 3.05) is 20.2 Å². The number of carbonyl (C=O) groups excluding carboxylic acids is 1. The number of nitrogens with zero attached hydrogens (tertiary/aromatic N) is 1. The topological polar surface area (TPSA) is 81.6 Å². The van der Waals surface area contributed by atoms with Crippen LogP contribution in [0.5, 0.6) is 5.75 Å². The van der Waals surface area contributed by atoms with Crippen molar-refractivity contribution in [3.05, 3.63) is 29.8 Å². The van der Waals surface area contributed by atoms with Crippen LogP contribution in [0.25, 0.3) is 0 Å². The third-order valence-electron chi connectivity index (χ3n) is 3.51. The van der Waals surface area contributed by atoms with Crippen LogP contribution in [0.3, 0.4) is 0 Å². The van der Waals surface area contributed by atoms with Gasteiger partial charge >= 0.3 is 0 Å². The Balaban J connectivity index is 3.00. The molecule has 4 N–H and O–H groups in total. The molecule has 0 fully saturated rings. The summed E-state index contributed by atoms with van der Waals surface area (Å²) in [5.74, 6) is 0.474. The number of methoxy groups -OCH3 is 1. The van der Waals surface area contributed by atoms with E-state index in [-0.39, 0.29) is 24.5 Å². The lowest BCUT2D eigenvalue weighted by Gasteiger charge is -2.34. The fraction of sp³-hybridized carbons (Fsp3) is 0.562. The lowest BCUT2D eigenvalue weighted by atomic mass is 9.98. The third kappa shape index (κ3) is 5.36. The van der Waals surface area contributed by atoms with Crippen molar-refractivity contribution in [3.8, 4) is 5.75 Å². The summed E-state index contributed by atoms with van der Waals surface area (Å²) in [4.78, 5) is 13.4. The summed E-state index contributed by atoms with van der Waals surface area (Å²) < 4.78 is 5.18. The van der Waals surface area contributed by atoms with Gasteiger partial charge in [-0.15, -0.1) is 0 Å². The molecule has 0 aliphatic carbocycles. The van der Waals surface area contributed by atoms with Gasteiger partial charge in [0.25, 0.3) is 0 Å². The molecular weight excluding hydrogens is 266 g/mol. The summed E-state index contributed by atoms with van der Waals surface area (Å²) in [5, 5.41) is 0. The Labute approximate surface area is 127 Å². The quantitative estimate of drug-likeness (QED) is 0.725. The van der Waals surface area contributed by atoms with Crippen LogP contribution in [-0.4, -0.2) is 37.0 Å². The molecule has 21 heavy (non-hydrogen) atoms. The number of unbranched alkanes of at least 4 members (excludes halogenated alkanes) is 1. The van der Waals surface area contributed by atoms with Gasteiger partial charge < -0.3 is 16.2 Å². The van der Waals surface area contributed by atoms with Gasteiger partial charge in [-0.25, -0.2) is 0 Å². The Morgan fingerprint density at radius 1 is 1.33 bits per heavy atom. The van der Waals surface area contributed by atoms with Gasteiger partial charge in [-0.1, -0.05) is 25.5 Å². The molecule has 5 nitrogen and oxygen atoms in total. The molecule has 0 radical (unpaired) electrons. The smallest absolute Gasteiger partial charge is 0.231 e. The van der Waals surface area contributed by atoms with Crippen LogP contribution >= 0.6 is 0 Å². The van der Waals surface area contributed by atoms with Crippen molar-refractivity contribution in [3.63, 3.8) is 0 Å². The number of nitrogens with two attached hydrogens (primary N) is 2. The molecule has 0 spiro atoms. The fourth-order valence-corrected chi connectivity index (χ4v) is 2.53. The first-order valence-corrected chi connectivity index (χ1v) is 7.41. The van der Waals surface area contributed by atoms with E-state index in [4.69, 9.17) is 16.2 Å². The fourth-order valence-electron chi connectivity index (χ4n) is 2.53. The third-order valence-corrected chi connectivity index (χ3v) is 3.51. The van der Waals surface area contributed by atoms with E-state index in [1.54, 1.807) is 7.11 Å². The molecule has 1 aromatic carbocycles. The zero-order chi connectivity index (χ0) is 15.8. The molecule has 0 saturated heterocycles. The summed E-state index contributed by atoms with van der Waals surface area (Å²) in [6.45, 7) is 5.10. The van der Waals surface area contributed by atoms with E-state index in [1.807, 2.05) is 31.2 Å². The van der Waals surface area contributed by atoms with Crippen LogP contribution in [-0.2, 0) is 4.79 Å². The normalized spacial score (nSPS) is 14.0. The second-order valence-electron chi connectivity index (χ2n) is 5.37. The Kier molecular flexibility index (Phi) is 7.19. The molecule has 0 bridgehead atoms. The average Bonchev–Trinajstić information content (AvgIpc) is 2.44. The molecule has 0 aromatic heterocycles. The van der Waals surface area contributed by atoms with Crippen molar-refractivity contribution >= 4 is 5.91 Å². The van der Waals surface area contributed by atoms with Crippen LogP contribution in [0.15, 0.2) is 24.3 Å². The Morgan fingerprint density at radius 2 is 1.95 bits per heavy atom. The minimum absolute atomic E-state index is 0.0324. The number of benzene rings is 1. The number of hydrogen-bond acceptors (Lipinski definition) is 4. The van der Waals surface area contributed by atoms with Gasteiger partial charge in [0.15, 0.2) is 0 Å². The first-order chi connectivity index (χ1) is 9.99. The van der Waals surface area contributed by atoms with Gasteiger partial charge in [-0.3, -0.25) is 9.69 Å². The van der Waals surface area contributed by atoms with Crippen molar-refractivity contribution in [1.29, 1.82) is 0 Å². The second kappa shape index (κ2) is 8.64. The largest absolute Gasteiger partial charge is 0.497 e. The first-order valence-electron chi connectivity index (χ1n) is 7.41. The minimum Gasteiger partial charge on any atom is -0.497 e. The monoisotopic (exact) mass is 293 g/mol. The number of hydrogen-bond donors (Lipinski definition) is 2. The van der Waals surface area contributed by atoms with Gasteiger partial charge in [0.2, 0.25) is 5.91 Å². The number of amides is 1. The van der Waals surface area contributed by atoms with Crippen molar-refractivity contribution in [2.45, 2.75) is 38.8 Å². The highest BCUT2D eigenvalue weighted by molar-refractivity contribution is 5.76. The second-order valence-corrected chi connectivity index (χ2v) is 5.37. The number of primary amides is 1. The summed E-state index contributed by atoms with van der Waals surface area (Å²) in [7, 11) is 1.64. The number of ether oxygens (including phenoxy) is 1. The zero-order valence-electron chi connectivity index (χ0n) is 13.2. The summed E-state index contributed by atoms with van der Waals surface area (Å²) in [6.07, 6.45) is 2.07. The van der Waals surface area contributed by atoms with Gasteiger partial charge in [0.1, 0.15) is 5.75 Å². The zero-order valence-corrected chi connectivity index (χ0v) is 13.2. The van der Waals surface area contributed by atoms with Crippen LogP contribution in [0.1, 0.15) is 38.3 Å². The molecule has 0 saturated carbocycles. The highest BCUT2D eigenvalue weighted by atomic mass is 16.5. The molecule has 118 valence electrons. The highest BCUT2D eigenvalue weighted by Gasteiger charge is 2.25. The maximum atomic E-state index is 11.4. The predicted octanol–water partition coefficient (Wildman–Crippen LogP) is 1.67. The molecule has 1 aromatic rings. The maximum Gasteiger partial charge on any atom is 0.231 e. The van der Waals surface area contributed by atoms with Crippen molar-refractivity contribution < 1.29 is 9.53 Å². The minimum atomic E-state index is -0.328. The van der Waals surface area contributed by atoms with E-state index in [2.05, 4.69) is 11.8 Å². The predicted molar refractivity (Wildman–Crippen MR) is 85.1 cm³/mol. The first kappa shape index (κ1) is 17.5. The van der Waals surface area contributed by atoms with Crippen LogP contribution in [0.2, 0.25) is 0 Å². The van der Waals surface area contributed by atoms with Gasteiger partial charge in [-0.2, -0.15) is 0 Å². The summed E-state index contributed by atoms with van der Waals surface area (Å²) >= 11 is 0.